The van der Waals surface area contributed by atoms with E-state index in [1.807, 2.05) is 0 Å². The molecular weight excluding hydrogens is 341 g/mol. The summed E-state index contributed by atoms with van der Waals surface area (Å²) in [5, 5.41) is 0.305. The van der Waals surface area contributed by atoms with Crippen molar-refractivity contribution < 1.29 is 4.43 Å². The number of rotatable bonds is 4. The third-order valence-electron chi connectivity index (χ3n) is 3.57. The molecule has 0 bridgehead atoms. The van der Waals surface area contributed by atoms with E-state index >= 15 is 0 Å². The largest absolute Gasteiger partial charge is 0.415 e. The first kappa shape index (κ1) is 15.2. The molecule has 2 nitrogen and oxygen atoms in total. The summed E-state index contributed by atoms with van der Waals surface area (Å²) in [6, 6.07) is 0. The van der Waals surface area contributed by atoms with Crippen LogP contribution in [0.5, 0.6) is 0 Å². The van der Waals surface area contributed by atoms with Gasteiger partial charge < -0.3 is 9.33 Å². The van der Waals surface area contributed by atoms with Gasteiger partial charge in [-0.3, -0.25) is 0 Å². The summed E-state index contributed by atoms with van der Waals surface area (Å²) < 4.78 is 7.47. The van der Waals surface area contributed by atoms with Crippen LogP contribution in [0.15, 0.2) is 21.9 Å². The van der Waals surface area contributed by atoms with E-state index in [0.717, 1.165) is 19.7 Å². The van der Waals surface area contributed by atoms with Crippen LogP contribution in [0.4, 0.5) is 0 Å². The lowest BCUT2D eigenvalue weighted by Crippen LogP contribution is -2.42. The van der Waals surface area contributed by atoms with Crippen LogP contribution in [0.3, 0.4) is 0 Å². The Hall–Kier alpha value is 0.187. The van der Waals surface area contributed by atoms with Crippen molar-refractivity contribution in [2.24, 2.45) is 0 Å². The summed E-state index contributed by atoms with van der Waals surface area (Å²) in [6.45, 7) is 14.3. The van der Waals surface area contributed by atoms with Crippen LogP contribution in [-0.4, -0.2) is 32.9 Å². The highest BCUT2D eigenvalue weighted by Crippen LogP contribution is 2.36. The zero-order valence-corrected chi connectivity index (χ0v) is 14.7. The Labute approximate surface area is 120 Å². The van der Waals surface area contributed by atoms with Gasteiger partial charge in [0.15, 0.2) is 8.32 Å². The molecule has 0 saturated heterocycles. The topological polar surface area (TPSA) is 12.5 Å². The Morgan fingerprint density at radius 2 is 2.06 bits per heavy atom. The maximum Gasteiger partial charge on any atom is 0.192 e. The third kappa shape index (κ3) is 4.75. The van der Waals surface area contributed by atoms with E-state index in [-0.39, 0.29) is 0 Å². The summed E-state index contributed by atoms with van der Waals surface area (Å²) in [7, 11) is -1.57. The fourth-order valence-corrected chi connectivity index (χ4v) is 3.04. The minimum absolute atomic E-state index is 0.305. The summed E-state index contributed by atoms with van der Waals surface area (Å²) in [5.74, 6) is 0. The van der Waals surface area contributed by atoms with Crippen molar-refractivity contribution in [3.05, 3.63) is 21.9 Å². The molecule has 1 aliphatic heterocycles. The molecule has 0 radical (unpaired) electrons. The minimum Gasteiger partial charge on any atom is -0.415 e. The molecule has 0 amide bonds. The molecule has 0 aliphatic carbocycles. The Balaban J connectivity index is 2.36. The van der Waals surface area contributed by atoms with Gasteiger partial charge in [-0.15, -0.1) is 0 Å². The molecule has 0 spiro atoms. The first-order valence-electron chi connectivity index (χ1n) is 6.14. The van der Waals surface area contributed by atoms with Crippen molar-refractivity contribution in [3.63, 3.8) is 0 Å². The summed E-state index contributed by atoms with van der Waals surface area (Å²) in [4.78, 5) is 2.31. The number of nitrogens with zero attached hydrogens (tertiary/aromatic N) is 1. The second-order valence-corrected chi connectivity index (χ2v) is 12.1. The second kappa shape index (κ2) is 5.89. The third-order valence-corrected chi connectivity index (χ3v) is 8.75. The quantitative estimate of drug-likeness (QED) is 0.548. The highest BCUT2D eigenvalue weighted by Gasteiger charge is 2.36. The van der Waals surface area contributed by atoms with Crippen LogP contribution >= 0.6 is 22.6 Å². The van der Waals surface area contributed by atoms with E-state index < -0.39 is 8.32 Å². The number of halogens is 1. The van der Waals surface area contributed by atoms with Crippen molar-refractivity contribution in [2.75, 3.05) is 19.7 Å². The van der Waals surface area contributed by atoms with Crippen molar-refractivity contribution in [1.29, 1.82) is 0 Å². The highest BCUT2D eigenvalue weighted by atomic mass is 127. The number of hydrogen-bond donors (Lipinski definition) is 0. The predicted octanol–water partition coefficient (Wildman–Crippen LogP) is 4.16. The van der Waals surface area contributed by atoms with Gasteiger partial charge in [-0.1, -0.05) is 26.8 Å². The van der Waals surface area contributed by atoms with Gasteiger partial charge in [0, 0.05) is 22.9 Å². The molecule has 1 heterocycles. The number of allylic oxidation sites excluding steroid dienone is 2. The molecule has 0 fully saturated rings. The van der Waals surface area contributed by atoms with Crippen LogP contribution in [0, 0.1) is 0 Å². The van der Waals surface area contributed by atoms with Crippen LogP contribution in [0.2, 0.25) is 18.1 Å². The lowest BCUT2D eigenvalue weighted by molar-refractivity contribution is 0.244. The van der Waals surface area contributed by atoms with Crippen molar-refractivity contribution in [3.8, 4) is 0 Å². The van der Waals surface area contributed by atoms with Gasteiger partial charge in [-0.2, -0.15) is 0 Å². The Bertz CT molecular complexity index is 318. The average molecular weight is 365 g/mol. The van der Waals surface area contributed by atoms with Gasteiger partial charge in [-0.05, 0) is 46.8 Å². The molecule has 0 aromatic rings. The zero-order chi connectivity index (χ0) is 13.1. The normalized spacial score (nSPS) is 17.3. The Kier molecular flexibility index (Phi) is 5.28. The molecule has 17 heavy (non-hydrogen) atoms. The average Bonchev–Trinajstić information content (AvgIpc) is 2.15. The molecule has 0 unspecified atom stereocenters. The fourth-order valence-electron chi connectivity index (χ4n) is 1.36. The molecule has 1 rings (SSSR count). The van der Waals surface area contributed by atoms with Crippen molar-refractivity contribution in [1.82, 2.24) is 4.90 Å². The first-order chi connectivity index (χ1) is 7.72. The lowest BCUT2D eigenvalue weighted by Gasteiger charge is -2.36. The van der Waals surface area contributed by atoms with E-state index in [1.165, 1.54) is 3.58 Å². The van der Waals surface area contributed by atoms with Gasteiger partial charge in [-0.25, -0.2) is 0 Å². The van der Waals surface area contributed by atoms with Gasteiger partial charge in [0.2, 0.25) is 0 Å². The molecule has 1 aliphatic rings. The van der Waals surface area contributed by atoms with Crippen molar-refractivity contribution >= 4 is 30.9 Å². The van der Waals surface area contributed by atoms with E-state index in [9.17, 15) is 0 Å². The predicted molar refractivity (Wildman–Crippen MR) is 86.0 cm³/mol. The van der Waals surface area contributed by atoms with Gasteiger partial charge >= 0.3 is 0 Å². The first-order valence-corrected chi connectivity index (χ1v) is 10.1. The van der Waals surface area contributed by atoms with Gasteiger partial charge in [0.05, 0.1) is 6.61 Å². The summed E-state index contributed by atoms with van der Waals surface area (Å²) >= 11 is 2.35. The zero-order valence-electron chi connectivity index (χ0n) is 11.6. The van der Waals surface area contributed by atoms with Gasteiger partial charge in [0.25, 0.3) is 0 Å². The smallest absolute Gasteiger partial charge is 0.192 e. The van der Waals surface area contributed by atoms with Crippen molar-refractivity contribution in [2.45, 2.75) is 38.9 Å². The SMILES string of the molecule is CC(C)(C)[Si](C)(C)OCCN1C=C(I)C=CC1. The standard InChI is InChI=1S/C13H24INOSi/c1-13(2,3)17(4,5)16-10-9-15-8-6-7-12(14)11-15/h6-7,11H,8-10H2,1-5H3. The van der Waals surface area contributed by atoms with Crippen LogP contribution in [0.1, 0.15) is 20.8 Å². The van der Waals surface area contributed by atoms with Crippen LogP contribution in [-0.2, 0) is 4.43 Å². The van der Waals surface area contributed by atoms with E-state index in [1.54, 1.807) is 0 Å². The molecule has 4 heteroatoms. The van der Waals surface area contributed by atoms with E-state index in [2.05, 4.69) is 79.7 Å². The maximum atomic E-state index is 6.17. The summed E-state index contributed by atoms with van der Waals surface area (Å²) in [5.41, 5.74) is 0. The van der Waals surface area contributed by atoms with Crippen LogP contribution < -0.4 is 0 Å². The Morgan fingerprint density at radius 1 is 1.41 bits per heavy atom. The highest BCUT2D eigenvalue weighted by molar-refractivity contribution is 14.1. The maximum absolute atomic E-state index is 6.17. The van der Waals surface area contributed by atoms with E-state index in [4.69, 9.17) is 4.43 Å². The molecule has 0 atom stereocenters. The molecular formula is C13H24INOSi. The lowest BCUT2D eigenvalue weighted by atomic mass is 10.2. The monoisotopic (exact) mass is 365 g/mol. The number of hydrogen-bond acceptors (Lipinski definition) is 2. The fraction of sp³-hybridized carbons (Fsp3) is 0.692. The molecule has 98 valence electrons. The van der Waals surface area contributed by atoms with E-state index in [0.29, 0.717) is 5.04 Å². The molecule has 0 aromatic carbocycles. The Morgan fingerprint density at radius 3 is 2.59 bits per heavy atom. The van der Waals surface area contributed by atoms with Gasteiger partial charge in [0.1, 0.15) is 0 Å². The minimum atomic E-state index is -1.57. The van der Waals surface area contributed by atoms with Crippen LogP contribution in [0.25, 0.3) is 0 Å². The molecule has 0 aromatic heterocycles. The molecule has 0 saturated carbocycles. The summed E-state index contributed by atoms with van der Waals surface area (Å²) in [6.07, 6.45) is 6.56. The molecule has 0 N–H and O–H groups in total. The second-order valence-electron chi connectivity index (χ2n) is 6.02.